The maximum absolute atomic E-state index is 10.7. The first-order valence-electron chi connectivity index (χ1n) is 4.39. The van der Waals surface area contributed by atoms with Crippen LogP contribution in [0.15, 0.2) is 5.03 Å². The van der Waals surface area contributed by atoms with Gasteiger partial charge in [0.25, 0.3) is 0 Å². The smallest absolute Gasteiger partial charge is 0.373 e. The van der Waals surface area contributed by atoms with Crippen LogP contribution < -0.4 is 0 Å². The molecule has 0 aliphatic heterocycles. The summed E-state index contributed by atoms with van der Waals surface area (Å²) in [4.78, 5) is 18.8. The van der Waals surface area contributed by atoms with Crippen molar-refractivity contribution in [3.63, 3.8) is 0 Å². The van der Waals surface area contributed by atoms with E-state index in [1.165, 1.54) is 11.8 Å². The van der Waals surface area contributed by atoms with Gasteiger partial charge >= 0.3 is 5.97 Å². The van der Waals surface area contributed by atoms with Crippen LogP contribution in [0.25, 0.3) is 0 Å². The van der Waals surface area contributed by atoms with Crippen LogP contribution in [0.5, 0.6) is 0 Å². The summed E-state index contributed by atoms with van der Waals surface area (Å²) in [6, 6.07) is 0. The number of aryl methyl sites for hydroxylation is 1. The van der Waals surface area contributed by atoms with Crippen LogP contribution in [0, 0.1) is 0 Å². The Hall–Kier alpha value is -1.10. The molecule has 0 fully saturated rings. The molecule has 0 bridgehead atoms. The zero-order chi connectivity index (χ0) is 10.1. The third kappa shape index (κ3) is 1.48. The summed E-state index contributed by atoms with van der Waals surface area (Å²) in [6.45, 7) is 0. The van der Waals surface area contributed by atoms with Crippen LogP contribution in [-0.2, 0) is 12.8 Å². The van der Waals surface area contributed by atoms with Gasteiger partial charge in [-0.25, -0.2) is 14.8 Å². The van der Waals surface area contributed by atoms with Gasteiger partial charge in [-0.2, -0.15) is 0 Å². The summed E-state index contributed by atoms with van der Waals surface area (Å²) in [7, 11) is 0. The molecule has 0 aromatic carbocycles. The van der Waals surface area contributed by atoms with Crippen molar-refractivity contribution in [2.75, 3.05) is 6.26 Å². The number of hydrogen-bond acceptors (Lipinski definition) is 4. The van der Waals surface area contributed by atoms with Gasteiger partial charge in [-0.05, 0) is 25.5 Å². The average Bonchev–Trinajstić information content (AvgIpc) is 2.63. The Morgan fingerprint density at radius 3 is 2.86 bits per heavy atom. The van der Waals surface area contributed by atoms with Gasteiger partial charge in [-0.3, -0.25) is 0 Å². The fourth-order valence-corrected chi connectivity index (χ4v) is 2.31. The minimum atomic E-state index is -1.05. The Labute approximate surface area is 85.8 Å². The number of carboxylic acid groups (broad SMARTS) is 1. The lowest BCUT2D eigenvalue weighted by atomic mass is 10.3. The Balaban J connectivity index is 2.54. The van der Waals surface area contributed by atoms with E-state index in [1.807, 2.05) is 6.26 Å². The summed E-state index contributed by atoms with van der Waals surface area (Å²) in [6.07, 6.45) is 4.82. The van der Waals surface area contributed by atoms with Crippen molar-refractivity contribution in [1.82, 2.24) is 9.97 Å². The lowest BCUT2D eigenvalue weighted by Crippen LogP contribution is -2.08. The largest absolute Gasteiger partial charge is 0.475 e. The van der Waals surface area contributed by atoms with Crippen molar-refractivity contribution in [1.29, 1.82) is 0 Å². The molecular formula is C9H10N2O2S. The molecule has 1 aromatic heterocycles. The molecule has 0 unspecified atom stereocenters. The van der Waals surface area contributed by atoms with Gasteiger partial charge in [-0.1, -0.05) is 0 Å². The highest BCUT2D eigenvalue weighted by molar-refractivity contribution is 7.98. The predicted molar refractivity (Wildman–Crippen MR) is 52.8 cm³/mol. The average molecular weight is 210 g/mol. The van der Waals surface area contributed by atoms with Crippen molar-refractivity contribution < 1.29 is 9.90 Å². The molecule has 0 saturated heterocycles. The van der Waals surface area contributed by atoms with Gasteiger partial charge in [0.05, 0.1) is 0 Å². The van der Waals surface area contributed by atoms with Gasteiger partial charge < -0.3 is 5.11 Å². The van der Waals surface area contributed by atoms with Gasteiger partial charge in [0.15, 0.2) is 0 Å². The number of aromatic carboxylic acids is 1. The van der Waals surface area contributed by atoms with Crippen molar-refractivity contribution in [3.05, 3.63) is 17.1 Å². The molecule has 1 heterocycles. The van der Waals surface area contributed by atoms with Crippen molar-refractivity contribution in [2.45, 2.75) is 24.3 Å². The number of carbonyl (C=O) groups is 1. The van der Waals surface area contributed by atoms with E-state index in [0.29, 0.717) is 0 Å². The molecule has 0 saturated carbocycles. The van der Waals surface area contributed by atoms with E-state index >= 15 is 0 Å². The zero-order valence-corrected chi connectivity index (χ0v) is 8.60. The summed E-state index contributed by atoms with van der Waals surface area (Å²) >= 11 is 1.49. The lowest BCUT2D eigenvalue weighted by molar-refractivity contribution is 0.0682. The molecule has 14 heavy (non-hydrogen) atoms. The normalized spacial score (nSPS) is 14.1. The van der Waals surface area contributed by atoms with Gasteiger partial charge in [0.1, 0.15) is 5.03 Å². The van der Waals surface area contributed by atoms with E-state index < -0.39 is 5.97 Å². The van der Waals surface area contributed by atoms with Crippen molar-refractivity contribution in [3.8, 4) is 0 Å². The maximum Gasteiger partial charge on any atom is 0.373 e. The number of fused-ring (bicyclic) bond motifs is 1. The van der Waals surface area contributed by atoms with Crippen LogP contribution >= 0.6 is 11.8 Å². The second-order valence-electron chi connectivity index (χ2n) is 3.14. The Bertz CT molecular complexity index is 393. The third-order valence-electron chi connectivity index (χ3n) is 2.28. The zero-order valence-electron chi connectivity index (χ0n) is 7.78. The lowest BCUT2D eigenvalue weighted by Gasteiger charge is -2.04. The van der Waals surface area contributed by atoms with E-state index in [9.17, 15) is 4.79 Å². The minimum Gasteiger partial charge on any atom is -0.475 e. The van der Waals surface area contributed by atoms with Crippen LogP contribution in [-0.4, -0.2) is 27.3 Å². The van der Waals surface area contributed by atoms with Crippen molar-refractivity contribution >= 4 is 17.7 Å². The molecule has 4 nitrogen and oxygen atoms in total. The fraction of sp³-hybridized carbons (Fsp3) is 0.444. The molecule has 1 N–H and O–H groups in total. The predicted octanol–water partition coefficient (Wildman–Crippen LogP) is 1.39. The monoisotopic (exact) mass is 210 g/mol. The van der Waals surface area contributed by atoms with E-state index in [2.05, 4.69) is 9.97 Å². The molecule has 5 heteroatoms. The van der Waals surface area contributed by atoms with E-state index in [0.717, 1.165) is 35.5 Å². The fourth-order valence-electron chi connectivity index (χ4n) is 1.66. The SMILES string of the molecule is CSc1nc(C(=O)O)nc2c1CCC2. The van der Waals surface area contributed by atoms with Crippen LogP contribution in [0.2, 0.25) is 0 Å². The first kappa shape index (κ1) is 9.45. The number of thioether (sulfide) groups is 1. The molecule has 2 rings (SSSR count). The molecule has 1 aliphatic carbocycles. The standard InChI is InChI=1S/C9H10N2O2S/c1-14-8-5-3-2-4-6(5)10-7(11-8)9(12)13/h2-4H2,1H3,(H,12,13). The van der Waals surface area contributed by atoms with Crippen molar-refractivity contribution in [2.24, 2.45) is 0 Å². The molecule has 1 aromatic rings. The first-order chi connectivity index (χ1) is 6.72. The van der Waals surface area contributed by atoms with E-state index in [-0.39, 0.29) is 5.82 Å². The second-order valence-corrected chi connectivity index (χ2v) is 3.94. The summed E-state index contributed by atoms with van der Waals surface area (Å²) in [5.41, 5.74) is 2.06. The van der Waals surface area contributed by atoms with Gasteiger partial charge in [0.2, 0.25) is 5.82 Å². The van der Waals surface area contributed by atoms with Crippen LogP contribution in [0.3, 0.4) is 0 Å². The van der Waals surface area contributed by atoms with E-state index in [1.54, 1.807) is 0 Å². The first-order valence-corrected chi connectivity index (χ1v) is 5.62. The Kier molecular flexibility index (Phi) is 2.41. The van der Waals surface area contributed by atoms with Gasteiger partial charge in [0, 0.05) is 11.3 Å². The van der Waals surface area contributed by atoms with E-state index in [4.69, 9.17) is 5.11 Å². The quantitative estimate of drug-likeness (QED) is 0.590. The molecule has 74 valence electrons. The highest BCUT2D eigenvalue weighted by Crippen LogP contribution is 2.27. The number of nitrogens with zero attached hydrogens (tertiary/aromatic N) is 2. The molecule has 1 aliphatic rings. The van der Waals surface area contributed by atoms with Crippen LogP contribution in [0.4, 0.5) is 0 Å². The second kappa shape index (κ2) is 3.57. The maximum atomic E-state index is 10.7. The molecule has 0 spiro atoms. The summed E-state index contributed by atoms with van der Waals surface area (Å²) in [5, 5.41) is 9.63. The number of hydrogen-bond donors (Lipinski definition) is 1. The molecule has 0 atom stereocenters. The Morgan fingerprint density at radius 2 is 2.21 bits per heavy atom. The van der Waals surface area contributed by atoms with Gasteiger partial charge in [-0.15, -0.1) is 11.8 Å². The Morgan fingerprint density at radius 1 is 1.43 bits per heavy atom. The molecular weight excluding hydrogens is 200 g/mol. The molecule has 0 amide bonds. The summed E-state index contributed by atoms with van der Waals surface area (Å²) < 4.78 is 0. The molecule has 0 radical (unpaired) electrons. The topological polar surface area (TPSA) is 63.1 Å². The number of rotatable bonds is 2. The van der Waals surface area contributed by atoms with Crippen LogP contribution in [0.1, 0.15) is 28.3 Å². The summed E-state index contributed by atoms with van der Waals surface area (Å²) in [5.74, 6) is -1.12. The number of carboxylic acids is 1. The number of aromatic nitrogens is 2. The highest BCUT2D eigenvalue weighted by Gasteiger charge is 2.20. The minimum absolute atomic E-state index is 0.0741. The highest BCUT2D eigenvalue weighted by atomic mass is 32.2. The third-order valence-corrected chi connectivity index (χ3v) is 3.00.